The van der Waals surface area contributed by atoms with E-state index >= 15 is 0 Å². The molecule has 100 valence electrons. The van der Waals surface area contributed by atoms with Gasteiger partial charge in [0.15, 0.2) is 0 Å². The molecule has 1 aliphatic rings. The van der Waals surface area contributed by atoms with Crippen LogP contribution < -0.4 is 4.90 Å². The van der Waals surface area contributed by atoms with Crippen molar-refractivity contribution in [3.63, 3.8) is 0 Å². The fourth-order valence-corrected chi connectivity index (χ4v) is 2.21. The molecule has 2 rings (SSSR count). The zero-order chi connectivity index (χ0) is 14.2. The summed E-state index contributed by atoms with van der Waals surface area (Å²) in [6.45, 7) is 0.247. The van der Waals surface area contributed by atoms with Gasteiger partial charge < -0.3 is 15.1 Å². The number of nitrogens with zero attached hydrogens (tertiary/aromatic N) is 1. The van der Waals surface area contributed by atoms with Crippen LogP contribution in [0.2, 0.25) is 5.02 Å². The molecule has 1 unspecified atom stereocenters. The minimum atomic E-state index is -1.20. The highest BCUT2D eigenvalue weighted by atomic mass is 35.5. The Morgan fingerprint density at radius 3 is 2.53 bits per heavy atom. The van der Waals surface area contributed by atoms with Crippen molar-refractivity contribution in [3.8, 4) is 0 Å². The van der Waals surface area contributed by atoms with E-state index in [1.165, 1.54) is 23.1 Å². The topological polar surface area (TPSA) is 94.9 Å². The van der Waals surface area contributed by atoms with Crippen molar-refractivity contribution in [3.05, 3.63) is 28.8 Å². The summed E-state index contributed by atoms with van der Waals surface area (Å²) < 4.78 is 0. The summed E-state index contributed by atoms with van der Waals surface area (Å²) >= 11 is 5.74. The van der Waals surface area contributed by atoms with Gasteiger partial charge in [0.1, 0.15) is 5.92 Å². The van der Waals surface area contributed by atoms with Crippen molar-refractivity contribution in [2.75, 3.05) is 11.4 Å². The number of carbonyl (C=O) groups is 3. The van der Waals surface area contributed by atoms with Gasteiger partial charge >= 0.3 is 11.9 Å². The first-order valence-corrected chi connectivity index (χ1v) is 5.86. The molecule has 0 radical (unpaired) electrons. The van der Waals surface area contributed by atoms with Gasteiger partial charge in [0, 0.05) is 12.2 Å². The zero-order valence-corrected chi connectivity index (χ0v) is 10.4. The van der Waals surface area contributed by atoms with Crippen molar-refractivity contribution in [2.45, 2.75) is 6.42 Å². The van der Waals surface area contributed by atoms with Crippen LogP contribution in [0.4, 0.5) is 5.69 Å². The Labute approximate surface area is 113 Å². The first-order chi connectivity index (χ1) is 8.91. The second kappa shape index (κ2) is 4.89. The van der Waals surface area contributed by atoms with E-state index in [1.54, 1.807) is 0 Å². The van der Waals surface area contributed by atoms with Crippen molar-refractivity contribution >= 4 is 35.1 Å². The lowest BCUT2D eigenvalue weighted by Gasteiger charge is -2.17. The fourth-order valence-electron chi connectivity index (χ4n) is 2.01. The standard InChI is InChI=1S/C12H10ClNO5/c13-9-2-1-6(5-8(9)12(18)19)14-4-3-7(10(14)15)11(16)17/h1-2,5,7H,3-4H2,(H,16,17)(H,18,19). The third-order valence-corrected chi connectivity index (χ3v) is 3.33. The number of carboxylic acids is 2. The number of hydrogen-bond donors (Lipinski definition) is 2. The van der Waals surface area contributed by atoms with E-state index in [2.05, 4.69) is 0 Å². The van der Waals surface area contributed by atoms with E-state index in [0.29, 0.717) is 5.69 Å². The van der Waals surface area contributed by atoms with Gasteiger partial charge in [-0.1, -0.05) is 11.6 Å². The molecule has 0 saturated carbocycles. The molecule has 1 aromatic rings. The van der Waals surface area contributed by atoms with Crippen LogP contribution in [0.5, 0.6) is 0 Å². The minimum absolute atomic E-state index is 0.0673. The summed E-state index contributed by atoms with van der Waals surface area (Å²) in [6.07, 6.45) is 0.208. The predicted octanol–water partition coefficient (Wildman–Crippen LogP) is 1.48. The van der Waals surface area contributed by atoms with Crippen LogP contribution in [0.3, 0.4) is 0 Å². The largest absolute Gasteiger partial charge is 0.481 e. The maximum absolute atomic E-state index is 11.9. The number of rotatable bonds is 3. The van der Waals surface area contributed by atoms with Crippen LogP contribution in [-0.4, -0.2) is 34.6 Å². The summed E-state index contributed by atoms with van der Waals surface area (Å²) in [5.41, 5.74) is 0.223. The van der Waals surface area contributed by atoms with E-state index in [1.807, 2.05) is 0 Å². The molecule has 0 spiro atoms. The summed E-state index contributed by atoms with van der Waals surface area (Å²) in [7, 11) is 0. The van der Waals surface area contributed by atoms with Gasteiger partial charge in [0.2, 0.25) is 5.91 Å². The number of aliphatic carboxylic acids is 1. The summed E-state index contributed by atoms with van der Waals surface area (Å²) in [5, 5.41) is 17.9. The van der Waals surface area contributed by atoms with E-state index in [0.717, 1.165) is 0 Å². The molecule has 6 nitrogen and oxygen atoms in total. The molecule has 0 bridgehead atoms. The summed E-state index contributed by atoms with van der Waals surface area (Å²) in [5.74, 6) is -3.97. The Morgan fingerprint density at radius 1 is 1.32 bits per heavy atom. The monoisotopic (exact) mass is 283 g/mol. The number of carboxylic acid groups (broad SMARTS) is 2. The SMILES string of the molecule is O=C(O)c1cc(N2CCC(C(=O)O)C2=O)ccc1Cl. The first-order valence-electron chi connectivity index (χ1n) is 5.49. The maximum Gasteiger partial charge on any atom is 0.337 e. The Bertz CT molecular complexity index is 571. The van der Waals surface area contributed by atoms with E-state index < -0.39 is 23.8 Å². The molecule has 0 aromatic heterocycles. The zero-order valence-electron chi connectivity index (χ0n) is 9.67. The van der Waals surface area contributed by atoms with Gasteiger partial charge in [0.05, 0.1) is 10.6 Å². The average Bonchev–Trinajstić information content (AvgIpc) is 2.71. The van der Waals surface area contributed by atoms with Crippen LogP contribution in [0, 0.1) is 5.92 Å². The lowest BCUT2D eigenvalue weighted by atomic mass is 10.1. The molecule has 19 heavy (non-hydrogen) atoms. The Balaban J connectivity index is 2.34. The molecule has 0 aliphatic carbocycles. The van der Waals surface area contributed by atoms with Crippen LogP contribution in [0.15, 0.2) is 18.2 Å². The molecule has 2 N–H and O–H groups in total. The highest BCUT2D eigenvalue weighted by Crippen LogP contribution is 2.28. The van der Waals surface area contributed by atoms with E-state index in [4.69, 9.17) is 21.8 Å². The number of carbonyl (C=O) groups excluding carboxylic acids is 1. The molecule has 1 amide bonds. The highest BCUT2D eigenvalue weighted by Gasteiger charge is 2.37. The van der Waals surface area contributed by atoms with E-state index in [9.17, 15) is 14.4 Å². The molecule has 1 fully saturated rings. The van der Waals surface area contributed by atoms with Gasteiger partial charge in [-0.15, -0.1) is 0 Å². The van der Waals surface area contributed by atoms with Crippen molar-refractivity contribution < 1.29 is 24.6 Å². The van der Waals surface area contributed by atoms with Crippen LogP contribution in [0.25, 0.3) is 0 Å². The molecular formula is C12H10ClNO5. The van der Waals surface area contributed by atoms with Crippen molar-refractivity contribution in [1.82, 2.24) is 0 Å². The number of benzene rings is 1. The third-order valence-electron chi connectivity index (χ3n) is 3.00. The van der Waals surface area contributed by atoms with Crippen molar-refractivity contribution in [1.29, 1.82) is 0 Å². The predicted molar refractivity (Wildman–Crippen MR) is 66.5 cm³/mol. The Hall–Kier alpha value is -2.08. The molecule has 1 aromatic carbocycles. The number of aromatic carboxylic acids is 1. The second-order valence-electron chi connectivity index (χ2n) is 4.14. The Morgan fingerprint density at radius 2 is 2.00 bits per heavy atom. The lowest BCUT2D eigenvalue weighted by Crippen LogP contribution is -2.30. The Kier molecular flexibility index (Phi) is 3.44. The normalized spacial score (nSPS) is 18.7. The number of hydrogen-bond acceptors (Lipinski definition) is 3. The van der Waals surface area contributed by atoms with E-state index in [-0.39, 0.29) is 23.6 Å². The number of amides is 1. The summed E-state index contributed by atoms with van der Waals surface area (Å²) in [4.78, 5) is 35.0. The van der Waals surface area contributed by atoms with Crippen LogP contribution in [-0.2, 0) is 9.59 Å². The van der Waals surface area contributed by atoms with Crippen LogP contribution in [0.1, 0.15) is 16.8 Å². The third kappa shape index (κ3) is 2.39. The van der Waals surface area contributed by atoms with Gasteiger partial charge in [-0.25, -0.2) is 4.79 Å². The minimum Gasteiger partial charge on any atom is -0.481 e. The molecular weight excluding hydrogens is 274 g/mol. The molecule has 1 atom stereocenters. The molecule has 1 heterocycles. The fraction of sp³-hybridized carbons (Fsp3) is 0.250. The van der Waals surface area contributed by atoms with Crippen LogP contribution >= 0.6 is 11.6 Å². The smallest absolute Gasteiger partial charge is 0.337 e. The van der Waals surface area contributed by atoms with Gasteiger partial charge in [-0.05, 0) is 24.6 Å². The number of anilines is 1. The lowest BCUT2D eigenvalue weighted by molar-refractivity contribution is -0.144. The molecule has 1 saturated heterocycles. The van der Waals surface area contributed by atoms with Gasteiger partial charge in [-0.3, -0.25) is 9.59 Å². The molecule has 7 heteroatoms. The number of halogens is 1. The first kappa shape index (κ1) is 13.4. The van der Waals surface area contributed by atoms with Gasteiger partial charge in [0.25, 0.3) is 0 Å². The quantitative estimate of drug-likeness (QED) is 0.819. The molecule has 1 aliphatic heterocycles. The second-order valence-corrected chi connectivity index (χ2v) is 4.55. The summed E-state index contributed by atoms with van der Waals surface area (Å²) in [6, 6.07) is 4.14. The van der Waals surface area contributed by atoms with Gasteiger partial charge in [-0.2, -0.15) is 0 Å². The highest BCUT2D eigenvalue weighted by molar-refractivity contribution is 6.33. The average molecular weight is 284 g/mol. The van der Waals surface area contributed by atoms with Crippen molar-refractivity contribution in [2.24, 2.45) is 5.92 Å². The maximum atomic E-state index is 11.9.